The third-order valence-corrected chi connectivity index (χ3v) is 4.73. The summed E-state index contributed by atoms with van der Waals surface area (Å²) in [7, 11) is 0. The first kappa shape index (κ1) is 18.0. The zero-order valence-electron chi connectivity index (χ0n) is 15.2. The van der Waals surface area contributed by atoms with Crippen molar-refractivity contribution < 1.29 is 14.3 Å². The molecule has 0 bridgehead atoms. The van der Waals surface area contributed by atoms with E-state index in [2.05, 4.69) is 15.4 Å². The van der Waals surface area contributed by atoms with Gasteiger partial charge in [-0.15, -0.1) is 16.4 Å². The Morgan fingerprint density at radius 1 is 1.07 bits per heavy atom. The number of hydrogen-bond donors (Lipinski definition) is 1. The number of para-hydroxylation sites is 2. The Balaban J connectivity index is 1.44. The first-order chi connectivity index (χ1) is 13.7. The summed E-state index contributed by atoms with van der Waals surface area (Å²) in [6.45, 7) is 2.25. The van der Waals surface area contributed by atoms with Crippen molar-refractivity contribution in [3.63, 3.8) is 0 Å². The average Bonchev–Trinajstić information content (AvgIpc) is 3.28. The van der Waals surface area contributed by atoms with Gasteiger partial charge in [0.15, 0.2) is 18.1 Å². The van der Waals surface area contributed by atoms with Crippen LogP contribution < -0.4 is 14.8 Å². The molecule has 2 aromatic heterocycles. The smallest absolute Gasteiger partial charge is 0.264 e. The number of nitrogens with one attached hydrogen (secondary N) is 1. The van der Waals surface area contributed by atoms with Crippen molar-refractivity contribution in [1.82, 2.24) is 14.6 Å². The van der Waals surface area contributed by atoms with Gasteiger partial charge in [0.1, 0.15) is 0 Å². The maximum Gasteiger partial charge on any atom is 0.264 e. The van der Waals surface area contributed by atoms with Crippen LogP contribution >= 0.6 is 11.3 Å². The minimum atomic E-state index is -0.342. The molecule has 0 atom stereocenters. The van der Waals surface area contributed by atoms with Gasteiger partial charge in [0.25, 0.3) is 11.9 Å². The molecule has 4 rings (SSSR count). The zero-order valence-corrected chi connectivity index (χ0v) is 16.0. The summed E-state index contributed by atoms with van der Waals surface area (Å²) in [5, 5.41) is 9.06. The summed E-state index contributed by atoms with van der Waals surface area (Å²) >= 11 is 1.46. The van der Waals surface area contributed by atoms with Crippen LogP contribution in [0.25, 0.3) is 16.2 Å². The van der Waals surface area contributed by atoms with Gasteiger partial charge >= 0.3 is 0 Å². The molecule has 0 saturated heterocycles. The molecule has 2 heterocycles. The zero-order chi connectivity index (χ0) is 19.3. The van der Waals surface area contributed by atoms with Crippen molar-refractivity contribution in [2.75, 3.05) is 18.5 Å². The predicted molar refractivity (Wildman–Crippen MR) is 108 cm³/mol. The van der Waals surface area contributed by atoms with Crippen molar-refractivity contribution in [1.29, 1.82) is 0 Å². The molecule has 7 nitrogen and oxygen atoms in total. The van der Waals surface area contributed by atoms with Gasteiger partial charge in [0, 0.05) is 10.9 Å². The lowest BCUT2D eigenvalue weighted by Crippen LogP contribution is -2.21. The molecule has 0 aliphatic heterocycles. The number of anilines is 1. The van der Waals surface area contributed by atoms with E-state index < -0.39 is 0 Å². The molecule has 1 N–H and O–H groups in total. The van der Waals surface area contributed by atoms with Gasteiger partial charge in [0.05, 0.1) is 12.3 Å². The van der Waals surface area contributed by atoms with Gasteiger partial charge in [-0.25, -0.2) is 4.52 Å². The normalized spacial score (nSPS) is 10.8. The molecule has 1 amide bonds. The quantitative estimate of drug-likeness (QED) is 0.515. The molecule has 8 heteroatoms. The second-order valence-corrected chi connectivity index (χ2v) is 6.67. The molecule has 0 fully saturated rings. The Bertz CT molecular complexity index is 1090. The van der Waals surface area contributed by atoms with E-state index in [1.54, 1.807) is 16.6 Å². The number of carbonyl (C=O) groups excluding carboxylic acids is 1. The van der Waals surface area contributed by atoms with Gasteiger partial charge in [-0.05, 0) is 19.1 Å². The second-order valence-electron chi connectivity index (χ2n) is 5.83. The van der Waals surface area contributed by atoms with Crippen LogP contribution in [0.5, 0.6) is 11.5 Å². The summed E-state index contributed by atoms with van der Waals surface area (Å²) < 4.78 is 12.8. The Morgan fingerprint density at radius 2 is 1.79 bits per heavy atom. The number of hydrogen-bond acceptors (Lipinski definition) is 6. The average molecular weight is 394 g/mol. The summed E-state index contributed by atoms with van der Waals surface area (Å²) in [4.78, 5) is 17.3. The van der Waals surface area contributed by atoms with Crippen molar-refractivity contribution in [3.05, 3.63) is 60.0 Å². The molecule has 0 spiro atoms. The first-order valence-electron chi connectivity index (χ1n) is 8.78. The van der Waals surface area contributed by atoms with Crippen LogP contribution in [-0.2, 0) is 4.79 Å². The predicted octanol–water partition coefficient (Wildman–Crippen LogP) is 3.87. The van der Waals surface area contributed by atoms with Crippen LogP contribution in [0, 0.1) is 0 Å². The summed E-state index contributed by atoms with van der Waals surface area (Å²) in [6.07, 6.45) is 0. The number of fused-ring (bicyclic) bond motifs is 1. The molecule has 0 radical (unpaired) electrons. The number of benzene rings is 2. The third kappa shape index (κ3) is 3.81. The van der Waals surface area contributed by atoms with E-state index >= 15 is 0 Å². The highest BCUT2D eigenvalue weighted by Gasteiger charge is 2.14. The Labute approximate surface area is 165 Å². The number of rotatable bonds is 7. The largest absolute Gasteiger partial charge is 0.490 e. The Hall–Kier alpha value is -3.39. The number of aromatic nitrogens is 3. The fourth-order valence-corrected chi connectivity index (χ4v) is 3.52. The lowest BCUT2D eigenvalue weighted by molar-refractivity contribution is -0.118. The number of carbonyl (C=O) groups is 1. The highest BCUT2D eigenvalue weighted by atomic mass is 32.1. The molecule has 142 valence electrons. The molecular weight excluding hydrogens is 376 g/mol. The van der Waals surface area contributed by atoms with Gasteiger partial charge in [-0.2, -0.15) is 4.98 Å². The molecule has 0 unspecified atom stereocenters. The van der Waals surface area contributed by atoms with Crippen LogP contribution in [-0.4, -0.2) is 33.7 Å². The Kier molecular flexibility index (Phi) is 5.20. The van der Waals surface area contributed by atoms with Crippen LogP contribution in [0.2, 0.25) is 0 Å². The number of ether oxygens (including phenoxy) is 2. The van der Waals surface area contributed by atoms with Crippen molar-refractivity contribution in [2.24, 2.45) is 0 Å². The van der Waals surface area contributed by atoms with E-state index in [4.69, 9.17) is 9.47 Å². The summed E-state index contributed by atoms with van der Waals surface area (Å²) in [5.74, 6) is 1.03. The van der Waals surface area contributed by atoms with Gasteiger partial charge in [-0.1, -0.05) is 42.5 Å². The monoisotopic (exact) mass is 394 g/mol. The SMILES string of the molecule is CCOc1ccccc1OCC(=O)Nc1nc2scc(-c3ccccc3)n2n1. The first-order valence-corrected chi connectivity index (χ1v) is 9.66. The fourth-order valence-electron chi connectivity index (χ4n) is 2.69. The van der Waals surface area contributed by atoms with Crippen molar-refractivity contribution in [2.45, 2.75) is 6.92 Å². The van der Waals surface area contributed by atoms with Crippen LogP contribution in [0.3, 0.4) is 0 Å². The minimum absolute atomic E-state index is 0.164. The van der Waals surface area contributed by atoms with Crippen molar-refractivity contribution >= 4 is 28.2 Å². The number of thiazole rings is 1. The topological polar surface area (TPSA) is 77.8 Å². The lowest BCUT2D eigenvalue weighted by Gasteiger charge is -2.10. The Morgan fingerprint density at radius 3 is 2.54 bits per heavy atom. The standard InChI is InChI=1S/C20H18N4O3S/c1-2-26-16-10-6-7-11-17(16)27-12-18(25)21-19-22-20-24(23-19)15(13-28-20)14-8-4-3-5-9-14/h3-11,13H,2,12H2,1H3,(H,21,23,25). The molecular formula is C20H18N4O3S. The third-order valence-electron chi connectivity index (χ3n) is 3.91. The number of nitrogens with zero attached hydrogens (tertiary/aromatic N) is 3. The van der Waals surface area contributed by atoms with E-state index in [1.165, 1.54) is 11.3 Å². The minimum Gasteiger partial charge on any atom is -0.490 e. The maximum atomic E-state index is 12.2. The van der Waals surface area contributed by atoms with E-state index in [0.29, 0.717) is 23.1 Å². The van der Waals surface area contributed by atoms with E-state index in [1.807, 2.05) is 54.8 Å². The van der Waals surface area contributed by atoms with E-state index in [-0.39, 0.29) is 18.5 Å². The van der Waals surface area contributed by atoms with E-state index in [0.717, 1.165) is 11.3 Å². The van der Waals surface area contributed by atoms with Crippen LogP contribution in [0.4, 0.5) is 5.95 Å². The van der Waals surface area contributed by atoms with Crippen LogP contribution in [0.15, 0.2) is 60.0 Å². The molecule has 28 heavy (non-hydrogen) atoms. The summed E-state index contributed by atoms with van der Waals surface area (Å²) in [5.41, 5.74) is 1.96. The van der Waals surface area contributed by atoms with Crippen molar-refractivity contribution in [3.8, 4) is 22.8 Å². The lowest BCUT2D eigenvalue weighted by atomic mass is 10.2. The van der Waals surface area contributed by atoms with E-state index in [9.17, 15) is 4.79 Å². The number of amides is 1. The second kappa shape index (κ2) is 8.10. The van der Waals surface area contributed by atoms with Gasteiger partial charge in [-0.3, -0.25) is 10.1 Å². The molecule has 2 aromatic carbocycles. The van der Waals surface area contributed by atoms with Gasteiger partial charge in [0.2, 0.25) is 4.96 Å². The summed E-state index contributed by atoms with van der Waals surface area (Å²) in [6, 6.07) is 17.1. The maximum absolute atomic E-state index is 12.2. The molecule has 4 aromatic rings. The molecule has 0 saturated carbocycles. The molecule has 0 aliphatic carbocycles. The van der Waals surface area contributed by atoms with Crippen LogP contribution in [0.1, 0.15) is 6.92 Å². The molecule has 0 aliphatic rings. The fraction of sp³-hybridized carbons (Fsp3) is 0.150. The highest BCUT2D eigenvalue weighted by molar-refractivity contribution is 7.15. The van der Waals surface area contributed by atoms with Gasteiger partial charge < -0.3 is 9.47 Å². The highest BCUT2D eigenvalue weighted by Crippen LogP contribution is 2.27.